The van der Waals surface area contributed by atoms with Gasteiger partial charge < -0.3 is 9.84 Å². The third-order valence-electron chi connectivity index (χ3n) is 3.94. The van der Waals surface area contributed by atoms with E-state index in [0.29, 0.717) is 12.2 Å². The lowest BCUT2D eigenvalue weighted by molar-refractivity contribution is -0.132. The summed E-state index contributed by atoms with van der Waals surface area (Å²) in [6.07, 6.45) is 1.86. The highest BCUT2D eigenvalue weighted by molar-refractivity contribution is 5.95. The molecule has 1 N–H and O–H groups in total. The van der Waals surface area contributed by atoms with Crippen LogP contribution in [0.3, 0.4) is 0 Å². The summed E-state index contributed by atoms with van der Waals surface area (Å²) in [6, 6.07) is 0. The van der Waals surface area contributed by atoms with Crippen LogP contribution in [0.15, 0.2) is 11.8 Å². The number of aliphatic hydroxyl groups is 1. The predicted octanol–water partition coefficient (Wildman–Crippen LogP) is 1.86. The Kier molecular flexibility index (Phi) is 4.68. The fraction of sp³-hybridized carbons (Fsp3) is 0.714. The maximum Gasteiger partial charge on any atom is 0.165 e. The Morgan fingerprint density at radius 1 is 1.50 bits per heavy atom. The molecular formula is C14H22O4. The van der Waals surface area contributed by atoms with Crippen LogP contribution in [0.5, 0.6) is 0 Å². The first-order valence-electron chi connectivity index (χ1n) is 6.43. The Balaban J connectivity index is 3.06. The number of carbonyl (C=O) groups is 2. The molecule has 0 spiro atoms. The molecule has 1 aliphatic rings. The summed E-state index contributed by atoms with van der Waals surface area (Å²) in [5.41, 5.74) is -0.813. The van der Waals surface area contributed by atoms with Gasteiger partial charge in [-0.05, 0) is 20.3 Å². The number of ether oxygens (including phenoxy) is 1. The number of rotatable bonds is 5. The largest absolute Gasteiger partial charge is 0.493 e. The van der Waals surface area contributed by atoms with Crippen molar-refractivity contribution in [2.45, 2.75) is 46.6 Å². The summed E-state index contributed by atoms with van der Waals surface area (Å²) in [6.45, 7) is 7.13. The Morgan fingerprint density at radius 2 is 2.11 bits per heavy atom. The van der Waals surface area contributed by atoms with E-state index in [1.165, 1.54) is 6.08 Å². The molecule has 3 atom stereocenters. The van der Waals surface area contributed by atoms with Crippen molar-refractivity contribution < 1.29 is 19.4 Å². The molecule has 4 nitrogen and oxygen atoms in total. The number of ketones is 2. The lowest BCUT2D eigenvalue weighted by Crippen LogP contribution is -2.38. The van der Waals surface area contributed by atoms with Gasteiger partial charge in [0.15, 0.2) is 5.78 Å². The molecule has 1 rings (SSSR count). The van der Waals surface area contributed by atoms with E-state index in [1.807, 2.05) is 20.8 Å². The van der Waals surface area contributed by atoms with E-state index in [-0.39, 0.29) is 36.6 Å². The van der Waals surface area contributed by atoms with Gasteiger partial charge in [-0.25, -0.2) is 0 Å². The molecule has 18 heavy (non-hydrogen) atoms. The number of carbonyl (C=O) groups excluding carboxylic acids is 2. The van der Waals surface area contributed by atoms with Crippen LogP contribution in [0.4, 0.5) is 0 Å². The first kappa shape index (κ1) is 14.9. The van der Waals surface area contributed by atoms with Gasteiger partial charge >= 0.3 is 0 Å². The highest BCUT2D eigenvalue weighted by Crippen LogP contribution is 2.37. The monoisotopic (exact) mass is 254 g/mol. The topological polar surface area (TPSA) is 63.6 Å². The lowest BCUT2D eigenvalue weighted by atomic mass is 9.77. The number of hydrogen-bond donors (Lipinski definition) is 1. The second-order valence-electron chi connectivity index (χ2n) is 5.11. The van der Waals surface area contributed by atoms with Crippen LogP contribution in [0, 0.1) is 11.3 Å². The third-order valence-corrected chi connectivity index (χ3v) is 3.94. The molecule has 0 aliphatic carbocycles. The SMILES string of the molecule is CC[C@@](C)(C(=O)CCO)C1=CC(=O)[C@H](C)[C@H](C)O1. The Labute approximate surface area is 108 Å². The van der Waals surface area contributed by atoms with Crippen molar-refractivity contribution in [3.63, 3.8) is 0 Å². The van der Waals surface area contributed by atoms with Crippen LogP contribution in [0.1, 0.15) is 40.5 Å². The molecule has 0 aromatic heterocycles. The molecule has 1 heterocycles. The van der Waals surface area contributed by atoms with Crippen LogP contribution in [0.2, 0.25) is 0 Å². The minimum Gasteiger partial charge on any atom is -0.493 e. The fourth-order valence-electron chi connectivity index (χ4n) is 2.00. The van der Waals surface area contributed by atoms with Gasteiger partial charge in [-0.1, -0.05) is 13.8 Å². The van der Waals surface area contributed by atoms with E-state index in [2.05, 4.69) is 0 Å². The van der Waals surface area contributed by atoms with E-state index < -0.39 is 5.41 Å². The quantitative estimate of drug-likeness (QED) is 0.813. The van der Waals surface area contributed by atoms with Crippen molar-refractivity contribution in [3.8, 4) is 0 Å². The Bertz CT molecular complexity index is 372. The van der Waals surface area contributed by atoms with E-state index >= 15 is 0 Å². The van der Waals surface area contributed by atoms with Crippen LogP contribution in [0.25, 0.3) is 0 Å². The van der Waals surface area contributed by atoms with Crippen LogP contribution >= 0.6 is 0 Å². The van der Waals surface area contributed by atoms with Gasteiger partial charge in [-0.3, -0.25) is 9.59 Å². The molecule has 102 valence electrons. The average Bonchev–Trinajstić information content (AvgIpc) is 2.34. The maximum absolute atomic E-state index is 12.1. The molecule has 1 aliphatic heterocycles. The van der Waals surface area contributed by atoms with E-state index in [9.17, 15) is 9.59 Å². The normalized spacial score (nSPS) is 27.2. The van der Waals surface area contributed by atoms with Gasteiger partial charge in [0.2, 0.25) is 0 Å². The lowest BCUT2D eigenvalue weighted by Gasteiger charge is -2.35. The first-order valence-corrected chi connectivity index (χ1v) is 6.43. The summed E-state index contributed by atoms with van der Waals surface area (Å²) >= 11 is 0. The standard InChI is InChI=1S/C14H22O4/c1-5-14(4,12(17)6-7-15)13-8-11(16)9(2)10(3)18-13/h8-10,15H,5-7H2,1-4H3/t9-,10+,14+/m1/s1. The minimum absolute atomic E-state index is 0.000207. The van der Waals surface area contributed by atoms with Crippen LogP contribution in [-0.2, 0) is 14.3 Å². The number of Topliss-reactive ketones (excluding diaryl/α,β-unsaturated/α-hetero) is 1. The van der Waals surface area contributed by atoms with Crippen molar-refractivity contribution in [2.75, 3.05) is 6.61 Å². The Hall–Kier alpha value is -1.16. The zero-order chi connectivity index (χ0) is 13.9. The van der Waals surface area contributed by atoms with Crippen molar-refractivity contribution >= 4 is 11.6 Å². The third kappa shape index (κ3) is 2.64. The van der Waals surface area contributed by atoms with Gasteiger partial charge in [0.25, 0.3) is 0 Å². The van der Waals surface area contributed by atoms with Crippen molar-refractivity contribution in [1.29, 1.82) is 0 Å². The van der Waals surface area contributed by atoms with Crippen LogP contribution in [-0.4, -0.2) is 29.4 Å². The van der Waals surface area contributed by atoms with Gasteiger partial charge in [0.1, 0.15) is 17.6 Å². The summed E-state index contributed by atoms with van der Waals surface area (Å²) in [4.78, 5) is 23.9. The molecule has 4 heteroatoms. The molecule has 0 bridgehead atoms. The van der Waals surface area contributed by atoms with Crippen LogP contribution < -0.4 is 0 Å². The molecule has 0 fully saturated rings. The summed E-state index contributed by atoms with van der Waals surface area (Å²) in [7, 11) is 0. The molecule has 0 aromatic carbocycles. The molecule has 0 aromatic rings. The zero-order valence-electron chi connectivity index (χ0n) is 11.5. The number of allylic oxidation sites excluding steroid dienone is 2. The highest BCUT2D eigenvalue weighted by atomic mass is 16.5. The molecule has 0 saturated carbocycles. The second kappa shape index (κ2) is 5.65. The van der Waals surface area contributed by atoms with Gasteiger partial charge in [-0.15, -0.1) is 0 Å². The summed E-state index contributed by atoms with van der Waals surface area (Å²) < 4.78 is 5.73. The Morgan fingerprint density at radius 3 is 2.56 bits per heavy atom. The smallest absolute Gasteiger partial charge is 0.165 e. The highest BCUT2D eigenvalue weighted by Gasteiger charge is 2.40. The van der Waals surface area contributed by atoms with Gasteiger partial charge in [0.05, 0.1) is 11.3 Å². The molecule has 0 saturated heterocycles. The number of hydrogen-bond acceptors (Lipinski definition) is 4. The minimum atomic E-state index is -0.813. The number of aliphatic hydroxyl groups excluding tert-OH is 1. The van der Waals surface area contributed by atoms with Crippen molar-refractivity contribution in [1.82, 2.24) is 0 Å². The average molecular weight is 254 g/mol. The summed E-state index contributed by atoms with van der Waals surface area (Å²) in [5.74, 6) is 0.176. The zero-order valence-corrected chi connectivity index (χ0v) is 11.5. The van der Waals surface area contributed by atoms with E-state index in [4.69, 9.17) is 9.84 Å². The maximum atomic E-state index is 12.1. The first-order chi connectivity index (χ1) is 8.36. The van der Waals surface area contributed by atoms with Crippen molar-refractivity contribution in [3.05, 3.63) is 11.8 Å². The van der Waals surface area contributed by atoms with Crippen molar-refractivity contribution in [2.24, 2.45) is 11.3 Å². The molecular weight excluding hydrogens is 232 g/mol. The van der Waals surface area contributed by atoms with E-state index in [1.54, 1.807) is 6.92 Å². The van der Waals surface area contributed by atoms with E-state index in [0.717, 1.165) is 0 Å². The molecule has 0 radical (unpaired) electrons. The summed E-state index contributed by atoms with van der Waals surface area (Å²) in [5, 5.41) is 8.89. The molecule has 0 unspecified atom stereocenters. The molecule has 0 amide bonds. The predicted molar refractivity (Wildman–Crippen MR) is 67.9 cm³/mol. The van der Waals surface area contributed by atoms with Gasteiger partial charge in [0, 0.05) is 19.1 Å². The second-order valence-corrected chi connectivity index (χ2v) is 5.11. The van der Waals surface area contributed by atoms with Gasteiger partial charge in [-0.2, -0.15) is 0 Å². The fourth-order valence-corrected chi connectivity index (χ4v) is 2.00.